The first-order valence-corrected chi connectivity index (χ1v) is 8.06. The van der Waals surface area contributed by atoms with Crippen molar-refractivity contribution in [3.63, 3.8) is 0 Å². The Bertz CT molecular complexity index is 623. The lowest BCUT2D eigenvalue weighted by Gasteiger charge is -2.11. The Kier molecular flexibility index (Phi) is 6.60. The van der Waals surface area contributed by atoms with Gasteiger partial charge < -0.3 is 4.74 Å². The number of benzene rings is 2. The Balaban J connectivity index is 1.88. The monoisotopic (exact) mass is 334 g/mol. The van der Waals surface area contributed by atoms with Crippen molar-refractivity contribution in [2.75, 3.05) is 7.11 Å². The van der Waals surface area contributed by atoms with Crippen molar-refractivity contribution in [3.8, 4) is 0 Å². The number of aryl methyl sites for hydroxylation is 1. The molecule has 122 valence electrons. The van der Waals surface area contributed by atoms with E-state index in [1.807, 2.05) is 24.3 Å². The fraction of sp³-hybridized carbons (Fsp3) is 0.316. The number of alkyl halides is 1. The summed E-state index contributed by atoms with van der Waals surface area (Å²) in [5, 5.41) is -0.149. The van der Waals surface area contributed by atoms with Crippen LogP contribution in [0, 0.1) is 5.82 Å². The first-order chi connectivity index (χ1) is 11.1. The van der Waals surface area contributed by atoms with Crippen LogP contribution in [-0.2, 0) is 22.4 Å². The molecule has 4 heteroatoms. The van der Waals surface area contributed by atoms with Gasteiger partial charge in [-0.25, -0.2) is 4.39 Å². The van der Waals surface area contributed by atoms with Gasteiger partial charge in [0.25, 0.3) is 0 Å². The van der Waals surface area contributed by atoms with Crippen molar-refractivity contribution >= 4 is 17.6 Å². The van der Waals surface area contributed by atoms with Gasteiger partial charge in [0, 0.05) is 6.42 Å². The first-order valence-electron chi connectivity index (χ1n) is 7.62. The van der Waals surface area contributed by atoms with Gasteiger partial charge in [0.2, 0.25) is 0 Å². The highest BCUT2D eigenvalue weighted by atomic mass is 35.5. The van der Waals surface area contributed by atoms with E-state index in [-0.39, 0.29) is 17.2 Å². The summed E-state index contributed by atoms with van der Waals surface area (Å²) in [6, 6.07) is 14.5. The largest absolute Gasteiger partial charge is 0.469 e. The first kappa shape index (κ1) is 17.5. The second kappa shape index (κ2) is 8.68. The van der Waals surface area contributed by atoms with Crippen LogP contribution >= 0.6 is 11.6 Å². The van der Waals surface area contributed by atoms with E-state index in [1.165, 1.54) is 24.8 Å². The fourth-order valence-electron chi connectivity index (χ4n) is 2.38. The molecule has 1 atom stereocenters. The van der Waals surface area contributed by atoms with Crippen LogP contribution in [0.1, 0.15) is 34.9 Å². The van der Waals surface area contributed by atoms with E-state index in [0.717, 1.165) is 24.0 Å². The predicted octanol–water partition coefficient (Wildman–Crippen LogP) is 4.84. The number of rotatable bonds is 7. The van der Waals surface area contributed by atoms with Crippen LogP contribution in [-0.4, -0.2) is 13.1 Å². The third-order valence-electron chi connectivity index (χ3n) is 3.74. The molecular formula is C19H20ClFO2. The molecule has 2 rings (SSSR count). The summed E-state index contributed by atoms with van der Waals surface area (Å²) in [4.78, 5) is 11.1. The maximum atomic E-state index is 12.9. The minimum atomic E-state index is -0.240. The van der Waals surface area contributed by atoms with Gasteiger partial charge in [-0.2, -0.15) is 0 Å². The molecule has 0 aliphatic carbocycles. The number of carbonyl (C=O) groups is 1. The minimum absolute atomic E-state index is 0.149. The molecule has 0 spiro atoms. The summed E-state index contributed by atoms with van der Waals surface area (Å²) in [7, 11) is 1.40. The molecule has 2 nitrogen and oxygen atoms in total. The molecule has 2 aromatic carbocycles. The highest BCUT2D eigenvalue weighted by molar-refractivity contribution is 6.20. The average Bonchev–Trinajstić information content (AvgIpc) is 2.57. The number of hydrogen-bond donors (Lipinski definition) is 0. The Morgan fingerprint density at radius 3 is 2.30 bits per heavy atom. The quantitative estimate of drug-likeness (QED) is 0.534. The summed E-state index contributed by atoms with van der Waals surface area (Å²) in [6.45, 7) is 0. The second-order valence-electron chi connectivity index (χ2n) is 5.47. The topological polar surface area (TPSA) is 26.3 Å². The number of methoxy groups -OCH3 is 1. The van der Waals surface area contributed by atoms with Crippen molar-refractivity contribution in [2.24, 2.45) is 0 Å². The second-order valence-corrected chi connectivity index (χ2v) is 6.00. The maximum absolute atomic E-state index is 12.9. The minimum Gasteiger partial charge on any atom is -0.469 e. The van der Waals surface area contributed by atoms with Crippen LogP contribution in [0.5, 0.6) is 0 Å². The van der Waals surface area contributed by atoms with Gasteiger partial charge in [0.05, 0.1) is 12.5 Å². The standard InChI is InChI=1S/C19H20ClFO2/c1-23-19(22)4-2-3-14-5-9-16(10-6-14)18(20)13-15-7-11-17(21)12-8-15/h5-12,18H,2-4,13H2,1H3. The van der Waals surface area contributed by atoms with Crippen LogP contribution in [0.15, 0.2) is 48.5 Å². The van der Waals surface area contributed by atoms with E-state index >= 15 is 0 Å². The molecule has 0 aromatic heterocycles. The van der Waals surface area contributed by atoms with Gasteiger partial charge in [0.15, 0.2) is 0 Å². The molecule has 0 bridgehead atoms. The summed E-state index contributed by atoms with van der Waals surface area (Å²) in [6.07, 6.45) is 2.69. The van der Waals surface area contributed by atoms with Crippen LogP contribution in [0.25, 0.3) is 0 Å². The molecule has 0 amide bonds. The SMILES string of the molecule is COC(=O)CCCc1ccc(C(Cl)Cc2ccc(F)cc2)cc1. The van der Waals surface area contributed by atoms with Crippen molar-refractivity contribution in [1.29, 1.82) is 0 Å². The van der Waals surface area contributed by atoms with Gasteiger partial charge in [-0.15, -0.1) is 11.6 Å². The molecule has 0 saturated heterocycles. The molecule has 0 fully saturated rings. The molecule has 0 heterocycles. The maximum Gasteiger partial charge on any atom is 0.305 e. The Labute approximate surface area is 141 Å². The Hall–Kier alpha value is -1.87. The van der Waals surface area contributed by atoms with Gasteiger partial charge >= 0.3 is 5.97 Å². The zero-order valence-corrected chi connectivity index (χ0v) is 13.9. The van der Waals surface area contributed by atoms with Gasteiger partial charge in [-0.1, -0.05) is 36.4 Å². The number of hydrogen-bond acceptors (Lipinski definition) is 2. The highest BCUT2D eigenvalue weighted by Gasteiger charge is 2.09. The van der Waals surface area contributed by atoms with Crippen molar-refractivity contribution in [1.82, 2.24) is 0 Å². The number of carbonyl (C=O) groups excluding carboxylic acids is 1. The van der Waals surface area contributed by atoms with E-state index in [0.29, 0.717) is 12.8 Å². The fourth-order valence-corrected chi connectivity index (χ4v) is 2.70. The van der Waals surface area contributed by atoms with Crippen molar-refractivity contribution in [2.45, 2.75) is 31.1 Å². The summed E-state index contributed by atoms with van der Waals surface area (Å²) >= 11 is 6.44. The van der Waals surface area contributed by atoms with Crippen LogP contribution in [0.2, 0.25) is 0 Å². The highest BCUT2D eigenvalue weighted by Crippen LogP contribution is 2.25. The van der Waals surface area contributed by atoms with Crippen molar-refractivity contribution < 1.29 is 13.9 Å². The molecule has 23 heavy (non-hydrogen) atoms. The molecule has 0 N–H and O–H groups in total. The third kappa shape index (κ3) is 5.68. The molecule has 1 unspecified atom stereocenters. The summed E-state index contributed by atoms with van der Waals surface area (Å²) in [5.74, 6) is -0.419. The zero-order valence-electron chi connectivity index (χ0n) is 13.1. The van der Waals surface area contributed by atoms with Crippen LogP contribution < -0.4 is 0 Å². The molecule has 0 aliphatic heterocycles. The Morgan fingerprint density at radius 1 is 1.09 bits per heavy atom. The smallest absolute Gasteiger partial charge is 0.305 e. The average molecular weight is 335 g/mol. The summed E-state index contributed by atoms with van der Waals surface area (Å²) < 4.78 is 17.5. The predicted molar refractivity (Wildman–Crippen MR) is 90.1 cm³/mol. The molecule has 0 radical (unpaired) electrons. The lowest BCUT2D eigenvalue weighted by molar-refractivity contribution is -0.140. The van der Waals surface area contributed by atoms with Crippen molar-refractivity contribution in [3.05, 3.63) is 71.0 Å². The molecule has 0 aliphatic rings. The van der Waals surface area contributed by atoms with E-state index in [4.69, 9.17) is 11.6 Å². The molecular weight excluding hydrogens is 315 g/mol. The van der Waals surface area contributed by atoms with Gasteiger partial charge in [-0.05, 0) is 48.1 Å². The van der Waals surface area contributed by atoms with Gasteiger partial charge in [-0.3, -0.25) is 4.79 Å². The normalized spacial score (nSPS) is 12.0. The molecule has 0 saturated carbocycles. The zero-order chi connectivity index (χ0) is 16.7. The summed E-state index contributed by atoms with van der Waals surface area (Å²) in [5.41, 5.74) is 3.21. The van der Waals surface area contributed by atoms with E-state index in [9.17, 15) is 9.18 Å². The van der Waals surface area contributed by atoms with E-state index < -0.39 is 0 Å². The number of halogens is 2. The Morgan fingerprint density at radius 2 is 1.70 bits per heavy atom. The number of ether oxygens (including phenoxy) is 1. The van der Waals surface area contributed by atoms with Gasteiger partial charge in [0.1, 0.15) is 5.82 Å². The molecule has 2 aromatic rings. The lowest BCUT2D eigenvalue weighted by atomic mass is 10.0. The number of esters is 1. The lowest BCUT2D eigenvalue weighted by Crippen LogP contribution is -2.01. The van der Waals surface area contributed by atoms with Crippen LogP contribution in [0.4, 0.5) is 4.39 Å². The third-order valence-corrected chi connectivity index (χ3v) is 4.15. The van der Waals surface area contributed by atoms with E-state index in [1.54, 1.807) is 12.1 Å². The van der Waals surface area contributed by atoms with E-state index in [2.05, 4.69) is 4.74 Å². The van der Waals surface area contributed by atoms with Crippen LogP contribution in [0.3, 0.4) is 0 Å².